The summed E-state index contributed by atoms with van der Waals surface area (Å²) >= 11 is 0. The molecule has 1 fully saturated rings. The average molecular weight is 284 g/mol. The van der Waals surface area contributed by atoms with Gasteiger partial charge in [-0.1, -0.05) is 6.42 Å². The smallest absolute Gasteiger partial charge is 0.321 e. The molecular formula is C14H28N4O2. The molecule has 0 aliphatic carbocycles. The Morgan fingerprint density at radius 3 is 2.75 bits per heavy atom. The van der Waals surface area contributed by atoms with E-state index in [1.165, 1.54) is 32.9 Å². The summed E-state index contributed by atoms with van der Waals surface area (Å²) in [4.78, 5) is 25.2. The minimum Gasteiger partial charge on any atom is -0.341 e. The summed E-state index contributed by atoms with van der Waals surface area (Å²) in [6.45, 7) is 7.09. The van der Waals surface area contributed by atoms with Gasteiger partial charge in [-0.3, -0.25) is 10.1 Å². The fourth-order valence-electron chi connectivity index (χ4n) is 2.47. The molecule has 0 bridgehead atoms. The zero-order valence-electron chi connectivity index (χ0n) is 12.9. The van der Waals surface area contributed by atoms with E-state index in [0.29, 0.717) is 6.04 Å². The molecule has 0 radical (unpaired) electrons. The van der Waals surface area contributed by atoms with Crippen molar-refractivity contribution in [3.63, 3.8) is 0 Å². The third-order valence-corrected chi connectivity index (χ3v) is 3.87. The van der Waals surface area contributed by atoms with Gasteiger partial charge in [-0.05, 0) is 52.7 Å². The van der Waals surface area contributed by atoms with E-state index in [9.17, 15) is 9.59 Å². The van der Waals surface area contributed by atoms with E-state index in [4.69, 9.17) is 0 Å². The maximum Gasteiger partial charge on any atom is 0.321 e. The number of carbonyl (C=O) groups is 2. The van der Waals surface area contributed by atoms with Gasteiger partial charge in [0.25, 0.3) is 0 Å². The third-order valence-electron chi connectivity index (χ3n) is 3.87. The molecule has 0 spiro atoms. The van der Waals surface area contributed by atoms with Crippen LogP contribution in [0.25, 0.3) is 0 Å². The van der Waals surface area contributed by atoms with Crippen molar-refractivity contribution in [2.24, 2.45) is 0 Å². The van der Waals surface area contributed by atoms with Crippen molar-refractivity contribution in [3.05, 3.63) is 0 Å². The zero-order chi connectivity index (χ0) is 15.0. The van der Waals surface area contributed by atoms with E-state index < -0.39 is 6.03 Å². The predicted molar refractivity (Wildman–Crippen MR) is 79.6 cm³/mol. The van der Waals surface area contributed by atoms with Crippen molar-refractivity contribution in [2.75, 3.05) is 26.7 Å². The summed E-state index contributed by atoms with van der Waals surface area (Å²) in [5.41, 5.74) is 0. The molecule has 6 nitrogen and oxygen atoms in total. The van der Waals surface area contributed by atoms with Crippen LogP contribution >= 0.6 is 0 Å². The summed E-state index contributed by atoms with van der Waals surface area (Å²) in [7, 11) is 1.49. The molecule has 0 aromatic heterocycles. The van der Waals surface area contributed by atoms with Crippen LogP contribution in [0, 0.1) is 0 Å². The molecule has 3 N–H and O–H groups in total. The highest BCUT2D eigenvalue weighted by Gasteiger charge is 2.18. The Bertz CT molecular complexity index is 322. The van der Waals surface area contributed by atoms with Gasteiger partial charge in [-0.2, -0.15) is 0 Å². The SMILES string of the molecule is CNC(=O)NC(=O)C(C)NCCCN1CCCCC1C. The highest BCUT2D eigenvalue weighted by atomic mass is 16.2. The van der Waals surface area contributed by atoms with Gasteiger partial charge < -0.3 is 15.5 Å². The van der Waals surface area contributed by atoms with Crippen LogP contribution in [0.2, 0.25) is 0 Å². The third kappa shape index (κ3) is 5.88. The molecule has 20 heavy (non-hydrogen) atoms. The maximum atomic E-state index is 11.6. The molecule has 6 heteroatoms. The Balaban J connectivity index is 2.13. The molecule has 1 rings (SSSR count). The van der Waals surface area contributed by atoms with E-state index in [1.807, 2.05) is 0 Å². The average Bonchev–Trinajstić information content (AvgIpc) is 2.44. The van der Waals surface area contributed by atoms with Crippen LogP contribution in [0.1, 0.15) is 39.5 Å². The number of rotatable bonds is 6. The predicted octanol–water partition coefficient (Wildman–Crippen LogP) is 0.685. The van der Waals surface area contributed by atoms with Crippen LogP contribution in [0.15, 0.2) is 0 Å². The van der Waals surface area contributed by atoms with Gasteiger partial charge in [0.1, 0.15) is 0 Å². The monoisotopic (exact) mass is 284 g/mol. The van der Waals surface area contributed by atoms with E-state index in [1.54, 1.807) is 6.92 Å². The lowest BCUT2D eigenvalue weighted by Crippen LogP contribution is -2.48. The number of hydrogen-bond donors (Lipinski definition) is 3. The molecule has 1 heterocycles. The van der Waals surface area contributed by atoms with Crippen LogP contribution in [0.4, 0.5) is 4.79 Å². The minimum atomic E-state index is -0.467. The van der Waals surface area contributed by atoms with Crippen molar-refractivity contribution in [1.82, 2.24) is 20.9 Å². The molecule has 3 amide bonds. The Kier molecular flexibility index (Phi) is 7.54. The summed E-state index contributed by atoms with van der Waals surface area (Å²) in [5.74, 6) is -0.296. The van der Waals surface area contributed by atoms with Crippen molar-refractivity contribution >= 4 is 11.9 Å². The van der Waals surface area contributed by atoms with Gasteiger partial charge in [0.2, 0.25) is 5.91 Å². The molecule has 116 valence electrons. The maximum absolute atomic E-state index is 11.6. The fourth-order valence-corrected chi connectivity index (χ4v) is 2.47. The Labute approximate surface area is 121 Å². The highest BCUT2D eigenvalue weighted by Crippen LogP contribution is 2.15. The molecular weight excluding hydrogens is 256 g/mol. The molecule has 1 saturated heterocycles. The number of nitrogens with zero attached hydrogens (tertiary/aromatic N) is 1. The topological polar surface area (TPSA) is 73.5 Å². The number of carbonyl (C=O) groups excluding carboxylic acids is 2. The zero-order valence-corrected chi connectivity index (χ0v) is 12.9. The van der Waals surface area contributed by atoms with E-state index in [2.05, 4.69) is 27.8 Å². The summed E-state index contributed by atoms with van der Waals surface area (Å²) in [6.07, 6.45) is 4.94. The van der Waals surface area contributed by atoms with Crippen LogP contribution in [0.5, 0.6) is 0 Å². The van der Waals surface area contributed by atoms with E-state index >= 15 is 0 Å². The van der Waals surface area contributed by atoms with Crippen LogP contribution < -0.4 is 16.0 Å². The molecule has 0 saturated carbocycles. The van der Waals surface area contributed by atoms with Crippen LogP contribution in [0.3, 0.4) is 0 Å². The number of urea groups is 1. The lowest BCUT2D eigenvalue weighted by molar-refractivity contribution is -0.121. The van der Waals surface area contributed by atoms with Crippen LogP contribution in [-0.4, -0.2) is 55.6 Å². The van der Waals surface area contributed by atoms with Gasteiger partial charge >= 0.3 is 6.03 Å². The largest absolute Gasteiger partial charge is 0.341 e. The first kappa shape index (κ1) is 16.9. The molecule has 0 aromatic rings. The fraction of sp³-hybridized carbons (Fsp3) is 0.857. The van der Waals surface area contributed by atoms with Gasteiger partial charge in [0, 0.05) is 13.1 Å². The van der Waals surface area contributed by atoms with Crippen molar-refractivity contribution < 1.29 is 9.59 Å². The van der Waals surface area contributed by atoms with Gasteiger partial charge in [0.05, 0.1) is 6.04 Å². The lowest BCUT2D eigenvalue weighted by Gasteiger charge is -2.33. The molecule has 1 aliphatic heterocycles. The molecule has 2 unspecified atom stereocenters. The van der Waals surface area contributed by atoms with Gasteiger partial charge in [-0.25, -0.2) is 4.79 Å². The van der Waals surface area contributed by atoms with Crippen LogP contribution in [-0.2, 0) is 4.79 Å². The molecule has 0 aromatic carbocycles. The first-order valence-corrected chi connectivity index (χ1v) is 7.54. The van der Waals surface area contributed by atoms with E-state index in [-0.39, 0.29) is 11.9 Å². The Hall–Kier alpha value is -1.14. The minimum absolute atomic E-state index is 0.296. The summed E-state index contributed by atoms with van der Waals surface area (Å²) in [5, 5.41) is 7.77. The molecule has 2 atom stereocenters. The number of hydrogen-bond acceptors (Lipinski definition) is 4. The first-order chi connectivity index (χ1) is 9.54. The van der Waals surface area contributed by atoms with Crippen molar-refractivity contribution in [3.8, 4) is 0 Å². The normalized spacial score (nSPS) is 21.2. The first-order valence-electron chi connectivity index (χ1n) is 7.54. The number of likely N-dealkylation sites (tertiary alicyclic amines) is 1. The second kappa shape index (κ2) is 8.92. The number of nitrogens with one attached hydrogen (secondary N) is 3. The number of piperidine rings is 1. The second-order valence-corrected chi connectivity index (χ2v) is 5.48. The Morgan fingerprint density at radius 2 is 2.10 bits per heavy atom. The molecule has 1 aliphatic rings. The van der Waals surface area contributed by atoms with E-state index in [0.717, 1.165) is 19.5 Å². The standard InChI is InChI=1S/C14H28N4O2/c1-11-7-4-5-9-18(11)10-6-8-16-12(2)13(19)17-14(20)15-3/h11-12,16H,4-10H2,1-3H3,(H2,15,17,19,20). The van der Waals surface area contributed by atoms with Gasteiger partial charge in [0.15, 0.2) is 0 Å². The lowest BCUT2D eigenvalue weighted by atomic mass is 10.0. The number of amides is 3. The number of imide groups is 1. The highest BCUT2D eigenvalue weighted by molar-refractivity contribution is 5.96. The summed E-state index contributed by atoms with van der Waals surface area (Å²) < 4.78 is 0. The second-order valence-electron chi connectivity index (χ2n) is 5.48. The van der Waals surface area contributed by atoms with Crippen molar-refractivity contribution in [2.45, 2.75) is 51.6 Å². The quantitative estimate of drug-likeness (QED) is 0.627. The summed E-state index contributed by atoms with van der Waals surface area (Å²) in [6, 6.07) is -0.144. The van der Waals surface area contributed by atoms with Crippen molar-refractivity contribution in [1.29, 1.82) is 0 Å². The van der Waals surface area contributed by atoms with Gasteiger partial charge in [-0.15, -0.1) is 0 Å². The Morgan fingerprint density at radius 1 is 1.35 bits per heavy atom.